The van der Waals surface area contributed by atoms with Gasteiger partial charge < -0.3 is 20.1 Å². The van der Waals surface area contributed by atoms with Crippen molar-refractivity contribution >= 4 is 11.8 Å². The molecule has 2 atom stereocenters. The number of amides is 2. The topological polar surface area (TPSA) is 81.9 Å². The van der Waals surface area contributed by atoms with Gasteiger partial charge in [-0.3, -0.25) is 9.59 Å². The molecule has 0 aliphatic carbocycles. The van der Waals surface area contributed by atoms with Crippen molar-refractivity contribution < 1.29 is 19.1 Å². The van der Waals surface area contributed by atoms with Crippen molar-refractivity contribution in [3.63, 3.8) is 0 Å². The second kappa shape index (κ2) is 8.68. The number of carbonyl (C=O) groups is 2. The number of carbonyl (C=O) groups excluding carboxylic acids is 2. The number of hydrogen-bond acceptors (Lipinski definition) is 4. The Morgan fingerprint density at radius 3 is 2.79 bits per heavy atom. The zero-order chi connectivity index (χ0) is 17.5. The maximum atomic E-state index is 12.3. The average Bonchev–Trinajstić information content (AvgIpc) is 3.06. The van der Waals surface area contributed by atoms with Gasteiger partial charge in [0.15, 0.2) is 6.61 Å². The van der Waals surface area contributed by atoms with Crippen molar-refractivity contribution in [2.75, 3.05) is 26.3 Å². The Morgan fingerprint density at radius 1 is 1.33 bits per heavy atom. The molecule has 6 nitrogen and oxygen atoms in total. The van der Waals surface area contributed by atoms with Crippen molar-refractivity contribution in [3.8, 4) is 5.75 Å². The van der Waals surface area contributed by atoms with Gasteiger partial charge in [0, 0.05) is 13.1 Å². The summed E-state index contributed by atoms with van der Waals surface area (Å²) < 4.78 is 11.1. The fourth-order valence-electron chi connectivity index (χ4n) is 2.76. The van der Waals surface area contributed by atoms with Crippen LogP contribution in [0.1, 0.15) is 38.2 Å². The molecule has 1 fully saturated rings. The molecule has 2 unspecified atom stereocenters. The first-order valence-electron chi connectivity index (χ1n) is 8.40. The van der Waals surface area contributed by atoms with E-state index in [9.17, 15) is 9.59 Å². The van der Waals surface area contributed by atoms with Gasteiger partial charge in [0.25, 0.3) is 5.91 Å². The lowest BCUT2D eigenvalue weighted by Gasteiger charge is -2.19. The first-order valence-corrected chi connectivity index (χ1v) is 8.40. The molecule has 0 bridgehead atoms. The van der Waals surface area contributed by atoms with Gasteiger partial charge in [-0.15, -0.1) is 0 Å². The summed E-state index contributed by atoms with van der Waals surface area (Å²) >= 11 is 0. The van der Waals surface area contributed by atoms with Crippen LogP contribution in [0, 0.1) is 0 Å². The van der Waals surface area contributed by atoms with Gasteiger partial charge >= 0.3 is 0 Å². The quantitative estimate of drug-likeness (QED) is 0.784. The Labute approximate surface area is 142 Å². The summed E-state index contributed by atoms with van der Waals surface area (Å²) in [6, 6.07) is 7.83. The molecule has 1 saturated heterocycles. The summed E-state index contributed by atoms with van der Waals surface area (Å²) in [6.07, 6.45) is 1.59. The first kappa shape index (κ1) is 18.3. The molecule has 2 amide bonds. The molecule has 6 heteroatoms. The first-order chi connectivity index (χ1) is 11.5. The molecule has 132 valence electrons. The van der Waals surface area contributed by atoms with E-state index >= 15 is 0 Å². The van der Waals surface area contributed by atoms with Gasteiger partial charge in [-0.2, -0.15) is 0 Å². The van der Waals surface area contributed by atoms with Gasteiger partial charge in [0.2, 0.25) is 5.91 Å². The molecule has 24 heavy (non-hydrogen) atoms. The molecule has 1 aromatic carbocycles. The summed E-state index contributed by atoms with van der Waals surface area (Å²) in [5.41, 5.74) is 6.18. The second-order valence-electron chi connectivity index (χ2n) is 6.16. The third-order valence-electron chi connectivity index (χ3n) is 4.37. The van der Waals surface area contributed by atoms with E-state index in [1.54, 1.807) is 4.90 Å². The normalized spacial score (nSPS) is 18.4. The number of ether oxygens (including phenoxy) is 2. The minimum atomic E-state index is -0.496. The third-order valence-corrected chi connectivity index (χ3v) is 4.37. The van der Waals surface area contributed by atoms with E-state index in [1.807, 2.05) is 24.3 Å². The Kier molecular flexibility index (Phi) is 6.61. The number of likely N-dealkylation sites (tertiary alicyclic amines) is 1. The highest BCUT2D eigenvalue weighted by Crippen LogP contribution is 2.28. The van der Waals surface area contributed by atoms with Crippen molar-refractivity contribution in [2.24, 2.45) is 5.73 Å². The van der Waals surface area contributed by atoms with E-state index in [0.717, 1.165) is 17.7 Å². The van der Waals surface area contributed by atoms with Crippen LogP contribution in [0.3, 0.4) is 0 Å². The van der Waals surface area contributed by atoms with Crippen LogP contribution in [0.5, 0.6) is 5.75 Å². The minimum absolute atomic E-state index is 0.00991. The van der Waals surface area contributed by atoms with Crippen molar-refractivity contribution in [1.82, 2.24) is 4.90 Å². The molecule has 2 N–H and O–H groups in total. The largest absolute Gasteiger partial charge is 0.483 e. The fraction of sp³-hybridized carbons (Fsp3) is 0.556. The number of rotatable bonds is 8. The van der Waals surface area contributed by atoms with Gasteiger partial charge in [-0.05, 0) is 30.4 Å². The van der Waals surface area contributed by atoms with Gasteiger partial charge in [0.1, 0.15) is 12.4 Å². The third kappa shape index (κ3) is 4.96. The highest BCUT2D eigenvalue weighted by molar-refractivity contribution is 5.78. The van der Waals surface area contributed by atoms with Crippen LogP contribution in [0.15, 0.2) is 24.3 Å². The molecular formula is C18H26N2O4. The molecule has 0 saturated carbocycles. The number of nitrogens with two attached hydrogens (primary N) is 1. The lowest BCUT2D eigenvalue weighted by molar-refractivity contribution is -0.133. The van der Waals surface area contributed by atoms with Crippen molar-refractivity contribution in [3.05, 3.63) is 29.8 Å². The molecule has 0 aromatic heterocycles. The van der Waals surface area contributed by atoms with Crippen LogP contribution in [-0.4, -0.2) is 49.1 Å². The predicted octanol–water partition coefficient (Wildman–Crippen LogP) is 1.68. The fourth-order valence-corrected chi connectivity index (χ4v) is 2.76. The van der Waals surface area contributed by atoms with Crippen LogP contribution in [0.2, 0.25) is 0 Å². The second-order valence-corrected chi connectivity index (χ2v) is 6.16. The summed E-state index contributed by atoms with van der Waals surface area (Å²) in [6.45, 7) is 5.26. The highest BCUT2D eigenvalue weighted by Gasteiger charge is 2.27. The van der Waals surface area contributed by atoms with E-state index < -0.39 is 5.91 Å². The van der Waals surface area contributed by atoms with Crippen LogP contribution in [-0.2, 0) is 14.3 Å². The molecule has 1 heterocycles. The molecule has 0 spiro atoms. The Bertz CT molecular complexity index is 576. The summed E-state index contributed by atoms with van der Waals surface area (Å²) in [7, 11) is 0. The Morgan fingerprint density at radius 2 is 2.08 bits per heavy atom. The molecule has 1 aromatic rings. The zero-order valence-corrected chi connectivity index (χ0v) is 14.4. The summed E-state index contributed by atoms with van der Waals surface area (Å²) in [5.74, 6) is 0.583. The molecule has 2 rings (SSSR count). The molecule has 1 aliphatic rings. The number of primary amides is 1. The Balaban J connectivity index is 1.85. The van der Waals surface area contributed by atoms with Gasteiger partial charge in [-0.25, -0.2) is 0 Å². The van der Waals surface area contributed by atoms with E-state index in [4.69, 9.17) is 15.2 Å². The highest BCUT2D eigenvalue weighted by atomic mass is 16.5. The van der Waals surface area contributed by atoms with E-state index in [2.05, 4.69) is 13.8 Å². The lowest BCUT2D eigenvalue weighted by Crippen LogP contribution is -2.34. The van der Waals surface area contributed by atoms with E-state index in [-0.39, 0.29) is 25.2 Å². The number of nitrogens with zero attached hydrogens (tertiary/aromatic N) is 1. The van der Waals surface area contributed by atoms with Gasteiger partial charge in [0.05, 0.1) is 6.10 Å². The van der Waals surface area contributed by atoms with Crippen molar-refractivity contribution in [2.45, 2.75) is 38.7 Å². The minimum Gasteiger partial charge on any atom is -0.483 e. The predicted molar refractivity (Wildman–Crippen MR) is 90.8 cm³/mol. The SMILES string of the molecule is CCC(C)c1ccccc1OCC(=O)N1CCC(OCC(N)=O)C1. The summed E-state index contributed by atoms with van der Waals surface area (Å²) in [5, 5.41) is 0. The van der Waals surface area contributed by atoms with E-state index in [1.165, 1.54) is 0 Å². The number of hydrogen-bond donors (Lipinski definition) is 1. The van der Waals surface area contributed by atoms with Crippen LogP contribution < -0.4 is 10.5 Å². The zero-order valence-electron chi connectivity index (χ0n) is 14.4. The van der Waals surface area contributed by atoms with Crippen molar-refractivity contribution in [1.29, 1.82) is 0 Å². The van der Waals surface area contributed by atoms with Crippen LogP contribution in [0.4, 0.5) is 0 Å². The van der Waals surface area contributed by atoms with E-state index in [0.29, 0.717) is 25.4 Å². The molecule has 0 radical (unpaired) electrons. The maximum absolute atomic E-state index is 12.3. The monoisotopic (exact) mass is 334 g/mol. The number of benzene rings is 1. The maximum Gasteiger partial charge on any atom is 0.260 e. The molecule has 1 aliphatic heterocycles. The summed E-state index contributed by atoms with van der Waals surface area (Å²) in [4.78, 5) is 24.8. The molecular weight excluding hydrogens is 308 g/mol. The standard InChI is InChI=1S/C18H26N2O4/c1-3-13(2)15-6-4-5-7-16(15)24-12-18(22)20-9-8-14(10-20)23-11-17(19)21/h4-7,13-14H,3,8-12H2,1-2H3,(H2,19,21). The number of para-hydroxylation sites is 1. The Hall–Kier alpha value is -2.08. The smallest absolute Gasteiger partial charge is 0.260 e. The van der Waals surface area contributed by atoms with Crippen LogP contribution >= 0.6 is 0 Å². The van der Waals surface area contributed by atoms with Crippen LogP contribution in [0.25, 0.3) is 0 Å². The van der Waals surface area contributed by atoms with Gasteiger partial charge in [-0.1, -0.05) is 32.0 Å². The lowest BCUT2D eigenvalue weighted by atomic mass is 9.98. The average molecular weight is 334 g/mol.